The molecule has 0 amide bonds. The molecule has 1 heterocycles. The Morgan fingerprint density at radius 3 is 2.61 bits per heavy atom. The largest absolute Gasteiger partial charge is 0.326 e. The van der Waals surface area contributed by atoms with Crippen LogP contribution in [0.4, 0.5) is 0 Å². The second-order valence-corrected chi connectivity index (χ2v) is 7.00. The quantitative estimate of drug-likeness (QED) is 0.910. The predicted octanol–water partition coefficient (Wildman–Crippen LogP) is 2.10. The Morgan fingerprint density at radius 2 is 2.06 bits per heavy atom. The molecule has 18 heavy (non-hydrogen) atoms. The van der Waals surface area contributed by atoms with Crippen LogP contribution in [0.1, 0.15) is 13.3 Å². The molecule has 0 aromatic heterocycles. The summed E-state index contributed by atoms with van der Waals surface area (Å²) in [5, 5.41) is 0.292. The van der Waals surface area contributed by atoms with Gasteiger partial charge < -0.3 is 5.73 Å². The number of nitrogens with zero attached hydrogens (tertiary/aromatic N) is 1. The summed E-state index contributed by atoms with van der Waals surface area (Å²) >= 11 is 11.8. The Bertz CT molecular complexity index is 562. The molecule has 2 N–H and O–H groups in total. The summed E-state index contributed by atoms with van der Waals surface area (Å²) in [4.78, 5) is 0.0395. The lowest BCUT2D eigenvalue weighted by Gasteiger charge is -2.23. The molecular formula is C11H14Cl2N2O2S. The summed E-state index contributed by atoms with van der Waals surface area (Å²) in [6, 6.07) is 4.21. The fraction of sp³-hybridized carbons (Fsp3) is 0.455. The molecule has 2 rings (SSSR count). The van der Waals surface area contributed by atoms with E-state index in [4.69, 9.17) is 28.9 Å². The summed E-state index contributed by atoms with van der Waals surface area (Å²) in [6.45, 7) is 2.21. The van der Waals surface area contributed by atoms with Gasteiger partial charge in [0.15, 0.2) is 0 Å². The van der Waals surface area contributed by atoms with Crippen LogP contribution < -0.4 is 5.73 Å². The van der Waals surface area contributed by atoms with Crippen LogP contribution in [0.25, 0.3) is 0 Å². The van der Waals surface area contributed by atoms with E-state index in [0.717, 1.165) is 0 Å². The zero-order valence-electron chi connectivity index (χ0n) is 9.81. The highest BCUT2D eigenvalue weighted by Crippen LogP contribution is 2.33. The van der Waals surface area contributed by atoms with E-state index in [9.17, 15) is 8.42 Å². The average molecular weight is 309 g/mol. The second-order valence-electron chi connectivity index (χ2n) is 4.36. The molecule has 1 aromatic carbocycles. The van der Waals surface area contributed by atoms with Crippen molar-refractivity contribution in [3.63, 3.8) is 0 Å². The average Bonchev–Trinajstić information content (AvgIpc) is 2.64. The molecule has 1 fully saturated rings. The first-order valence-corrected chi connectivity index (χ1v) is 7.76. The van der Waals surface area contributed by atoms with Gasteiger partial charge in [-0.25, -0.2) is 8.42 Å². The van der Waals surface area contributed by atoms with Crippen molar-refractivity contribution >= 4 is 33.2 Å². The Hall–Kier alpha value is -0.330. The summed E-state index contributed by atoms with van der Waals surface area (Å²) in [7, 11) is -3.64. The van der Waals surface area contributed by atoms with Gasteiger partial charge in [0.25, 0.3) is 0 Å². The standard InChI is InChI=1S/C11H14Cl2N2O2S/c1-7-9(14)5-6-15(7)18(16,17)10-4-2-3-8(12)11(10)13/h2-4,7,9H,5-6,14H2,1H3. The molecule has 0 spiro atoms. The number of rotatable bonds is 2. The van der Waals surface area contributed by atoms with Gasteiger partial charge in [0.1, 0.15) is 4.90 Å². The maximum Gasteiger partial charge on any atom is 0.244 e. The number of sulfonamides is 1. The van der Waals surface area contributed by atoms with Gasteiger partial charge in [0.2, 0.25) is 10.0 Å². The molecule has 1 aliphatic rings. The van der Waals surface area contributed by atoms with Crippen LogP contribution >= 0.6 is 23.2 Å². The highest BCUT2D eigenvalue weighted by molar-refractivity contribution is 7.89. The Morgan fingerprint density at radius 1 is 1.39 bits per heavy atom. The monoisotopic (exact) mass is 308 g/mol. The molecule has 1 aromatic rings. The third-order valence-electron chi connectivity index (χ3n) is 3.26. The first-order valence-electron chi connectivity index (χ1n) is 5.57. The molecule has 2 atom stereocenters. The van der Waals surface area contributed by atoms with Crippen LogP contribution in [-0.2, 0) is 10.0 Å². The zero-order valence-corrected chi connectivity index (χ0v) is 12.1. The summed E-state index contributed by atoms with van der Waals surface area (Å²) in [6.07, 6.45) is 0.651. The number of hydrogen-bond donors (Lipinski definition) is 1. The molecule has 4 nitrogen and oxygen atoms in total. The van der Waals surface area contributed by atoms with Crippen LogP contribution in [0.3, 0.4) is 0 Å². The molecule has 2 unspecified atom stereocenters. The molecule has 0 radical (unpaired) electrons. The molecule has 1 saturated heterocycles. The van der Waals surface area contributed by atoms with Gasteiger partial charge >= 0.3 is 0 Å². The fourth-order valence-electron chi connectivity index (χ4n) is 2.08. The van der Waals surface area contributed by atoms with Gasteiger partial charge in [0.05, 0.1) is 10.0 Å². The topological polar surface area (TPSA) is 63.4 Å². The predicted molar refractivity (Wildman–Crippen MR) is 72.4 cm³/mol. The summed E-state index contributed by atoms with van der Waals surface area (Å²) in [5.74, 6) is 0. The third-order valence-corrected chi connectivity index (χ3v) is 6.22. The van der Waals surface area contributed by atoms with Gasteiger partial charge in [-0.15, -0.1) is 0 Å². The van der Waals surface area contributed by atoms with E-state index in [2.05, 4.69) is 0 Å². The maximum atomic E-state index is 12.5. The lowest BCUT2D eigenvalue weighted by Crippen LogP contribution is -2.40. The van der Waals surface area contributed by atoms with Crippen molar-refractivity contribution in [3.8, 4) is 0 Å². The summed E-state index contributed by atoms with van der Waals surface area (Å²) in [5.41, 5.74) is 5.85. The van der Waals surface area contributed by atoms with Crippen LogP contribution in [0.2, 0.25) is 10.0 Å². The molecule has 1 aliphatic heterocycles. The van der Waals surface area contributed by atoms with E-state index in [1.807, 2.05) is 0 Å². The van der Waals surface area contributed by atoms with Crippen LogP contribution in [0, 0.1) is 0 Å². The first kappa shape index (κ1) is 14.1. The van der Waals surface area contributed by atoms with Gasteiger partial charge in [0, 0.05) is 18.6 Å². The van der Waals surface area contributed by atoms with Gasteiger partial charge in [-0.3, -0.25) is 0 Å². The fourth-order valence-corrected chi connectivity index (χ4v) is 4.51. The summed E-state index contributed by atoms with van der Waals surface area (Å²) < 4.78 is 26.4. The number of nitrogens with two attached hydrogens (primary N) is 1. The normalized spacial score (nSPS) is 25.6. The van der Waals surface area contributed by atoms with Gasteiger partial charge in [-0.1, -0.05) is 29.3 Å². The number of halogens is 2. The molecule has 0 bridgehead atoms. The van der Waals surface area contributed by atoms with E-state index in [1.165, 1.54) is 10.4 Å². The molecule has 100 valence electrons. The van der Waals surface area contributed by atoms with Crippen LogP contribution in [-0.4, -0.2) is 31.4 Å². The van der Waals surface area contributed by atoms with E-state index in [1.54, 1.807) is 19.1 Å². The highest BCUT2D eigenvalue weighted by Gasteiger charge is 2.38. The van der Waals surface area contributed by atoms with Crippen molar-refractivity contribution in [1.82, 2.24) is 4.31 Å². The maximum absolute atomic E-state index is 12.5. The second kappa shape index (κ2) is 4.98. The first-order chi connectivity index (χ1) is 8.35. The lowest BCUT2D eigenvalue weighted by atomic mass is 10.2. The van der Waals surface area contributed by atoms with Crippen molar-refractivity contribution in [3.05, 3.63) is 28.2 Å². The lowest BCUT2D eigenvalue weighted by molar-refractivity contribution is 0.393. The van der Waals surface area contributed by atoms with Gasteiger partial charge in [-0.05, 0) is 25.5 Å². The minimum Gasteiger partial charge on any atom is -0.326 e. The third kappa shape index (κ3) is 2.26. The Labute approximate surface area is 117 Å². The molecule has 0 aliphatic carbocycles. The Balaban J connectivity index is 2.46. The van der Waals surface area contributed by atoms with E-state index in [-0.39, 0.29) is 27.0 Å². The number of benzene rings is 1. The van der Waals surface area contributed by atoms with Crippen molar-refractivity contribution < 1.29 is 8.42 Å². The Kier molecular flexibility index (Phi) is 3.90. The molecular weight excluding hydrogens is 295 g/mol. The molecule has 7 heteroatoms. The zero-order chi connectivity index (χ0) is 13.5. The molecule has 0 saturated carbocycles. The van der Waals surface area contributed by atoms with E-state index < -0.39 is 10.0 Å². The van der Waals surface area contributed by atoms with Crippen molar-refractivity contribution in [2.45, 2.75) is 30.3 Å². The number of hydrogen-bond acceptors (Lipinski definition) is 3. The minimum absolute atomic E-state index is 0.0395. The smallest absolute Gasteiger partial charge is 0.244 e. The van der Waals surface area contributed by atoms with Crippen LogP contribution in [0.15, 0.2) is 23.1 Å². The van der Waals surface area contributed by atoms with Crippen LogP contribution in [0.5, 0.6) is 0 Å². The highest BCUT2D eigenvalue weighted by atomic mass is 35.5. The van der Waals surface area contributed by atoms with E-state index in [0.29, 0.717) is 13.0 Å². The van der Waals surface area contributed by atoms with Gasteiger partial charge in [-0.2, -0.15) is 4.31 Å². The van der Waals surface area contributed by atoms with Crippen molar-refractivity contribution in [2.75, 3.05) is 6.54 Å². The van der Waals surface area contributed by atoms with Crippen molar-refractivity contribution in [1.29, 1.82) is 0 Å². The SMILES string of the molecule is CC1C(N)CCN1S(=O)(=O)c1cccc(Cl)c1Cl. The van der Waals surface area contributed by atoms with E-state index >= 15 is 0 Å². The van der Waals surface area contributed by atoms with Crippen molar-refractivity contribution in [2.24, 2.45) is 5.73 Å². The minimum atomic E-state index is -3.64.